The lowest BCUT2D eigenvalue weighted by molar-refractivity contribution is -0.0590. The molecule has 0 saturated carbocycles. The van der Waals surface area contributed by atoms with Gasteiger partial charge < -0.3 is 19.1 Å². The number of aromatic carboxylic acids is 1. The van der Waals surface area contributed by atoms with Crippen molar-refractivity contribution in [1.29, 1.82) is 0 Å². The summed E-state index contributed by atoms with van der Waals surface area (Å²) < 4.78 is 56.7. The van der Waals surface area contributed by atoms with Crippen molar-refractivity contribution in [2.75, 3.05) is 6.61 Å². The van der Waals surface area contributed by atoms with E-state index in [9.17, 15) is 18.7 Å². The number of benzene rings is 2. The Labute approximate surface area is 242 Å². The van der Waals surface area contributed by atoms with E-state index < -0.39 is 23.4 Å². The number of imidazole rings is 1. The Morgan fingerprint density at radius 2 is 1.76 bits per heavy atom. The standard InChI is InChI=1S/C30H22ClF3N4O4/c31-19-4-3-18(23(34)13-19)15-42-29-21(32)5-6-24(37-29)17-2-1-16(22(33)11-17)12-27-35-25-7-8-26(30(39)40)36-28(25)38(27)14-20-9-10-41-20/h1-8,11,13,20H,9-10,12,14-15H2,(H,39,40). The molecule has 0 amide bonds. The van der Waals surface area contributed by atoms with Crippen molar-refractivity contribution < 1.29 is 32.5 Å². The van der Waals surface area contributed by atoms with Gasteiger partial charge in [0, 0.05) is 29.2 Å². The molecule has 4 heterocycles. The molecule has 2 aromatic carbocycles. The van der Waals surface area contributed by atoms with Crippen LogP contribution in [-0.4, -0.2) is 43.3 Å². The van der Waals surface area contributed by atoms with Crippen LogP contribution >= 0.6 is 11.6 Å². The Morgan fingerprint density at radius 1 is 0.976 bits per heavy atom. The van der Waals surface area contributed by atoms with Gasteiger partial charge in [-0.05, 0) is 54.4 Å². The zero-order chi connectivity index (χ0) is 29.4. The monoisotopic (exact) mass is 594 g/mol. The van der Waals surface area contributed by atoms with Gasteiger partial charge in [-0.2, -0.15) is 0 Å². The van der Waals surface area contributed by atoms with Gasteiger partial charge in [-0.1, -0.05) is 29.8 Å². The number of ether oxygens (including phenoxy) is 2. The van der Waals surface area contributed by atoms with Crippen LogP contribution in [0.25, 0.3) is 22.4 Å². The molecule has 0 spiro atoms. The number of carbonyl (C=O) groups is 1. The van der Waals surface area contributed by atoms with E-state index in [-0.39, 0.29) is 47.0 Å². The van der Waals surface area contributed by atoms with Gasteiger partial charge in [0.2, 0.25) is 0 Å². The average Bonchev–Trinajstić information content (AvgIpc) is 3.28. The van der Waals surface area contributed by atoms with E-state index in [2.05, 4.69) is 15.0 Å². The summed E-state index contributed by atoms with van der Waals surface area (Å²) in [5.74, 6) is -2.89. The molecule has 8 nitrogen and oxygen atoms in total. The van der Waals surface area contributed by atoms with E-state index in [0.29, 0.717) is 41.3 Å². The molecule has 12 heteroatoms. The minimum Gasteiger partial charge on any atom is -0.477 e. The molecule has 1 aliphatic rings. The molecule has 6 rings (SSSR count). The third-order valence-corrected chi connectivity index (χ3v) is 7.20. The number of hydrogen-bond donors (Lipinski definition) is 1. The fourth-order valence-corrected chi connectivity index (χ4v) is 4.78. The van der Waals surface area contributed by atoms with Crippen LogP contribution in [0, 0.1) is 17.5 Å². The Balaban J connectivity index is 1.25. The van der Waals surface area contributed by atoms with Crippen LogP contribution in [-0.2, 0) is 24.3 Å². The highest BCUT2D eigenvalue weighted by molar-refractivity contribution is 6.30. The molecule has 3 aromatic heterocycles. The van der Waals surface area contributed by atoms with Crippen LogP contribution in [0.2, 0.25) is 5.02 Å². The zero-order valence-electron chi connectivity index (χ0n) is 21.9. The molecular weight excluding hydrogens is 573 g/mol. The molecule has 1 aliphatic heterocycles. The minimum atomic E-state index is -1.16. The van der Waals surface area contributed by atoms with Crippen molar-refractivity contribution in [1.82, 2.24) is 19.5 Å². The van der Waals surface area contributed by atoms with Crippen molar-refractivity contribution in [2.45, 2.75) is 32.1 Å². The molecule has 1 saturated heterocycles. The summed E-state index contributed by atoms with van der Waals surface area (Å²) in [6.07, 6.45) is 0.877. The number of nitrogens with zero attached hydrogens (tertiary/aromatic N) is 4. The van der Waals surface area contributed by atoms with Crippen molar-refractivity contribution in [3.8, 4) is 17.1 Å². The minimum absolute atomic E-state index is 0.0687. The molecule has 0 radical (unpaired) electrons. The highest BCUT2D eigenvalue weighted by Gasteiger charge is 2.24. The Bertz CT molecular complexity index is 1830. The van der Waals surface area contributed by atoms with E-state index in [1.54, 1.807) is 22.8 Å². The Kier molecular flexibility index (Phi) is 7.53. The van der Waals surface area contributed by atoms with Crippen molar-refractivity contribution >= 4 is 28.7 Å². The fraction of sp³-hybridized carbons (Fsp3) is 0.200. The van der Waals surface area contributed by atoms with Gasteiger partial charge in [0.1, 0.15) is 29.6 Å². The summed E-state index contributed by atoms with van der Waals surface area (Å²) in [5.41, 5.74) is 1.91. The first kappa shape index (κ1) is 27.7. The van der Waals surface area contributed by atoms with Gasteiger partial charge in [0.05, 0.1) is 18.3 Å². The molecule has 1 atom stereocenters. The number of pyridine rings is 2. The lowest BCUT2D eigenvalue weighted by atomic mass is 10.1. The summed E-state index contributed by atoms with van der Waals surface area (Å²) in [7, 11) is 0. The van der Waals surface area contributed by atoms with Gasteiger partial charge in [-0.3, -0.25) is 0 Å². The van der Waals surface area contributed by atoms with E-state index in [1.165, 1.54) is 30.3 Å². The first-order valence-corrected chi connectivity index (χ1v) is 13.4. The Morgan fingerprint density at radius 3 is 2.48 bits per heavy atom. The lowest BCUT2D eigenvalue weighted by Crippen LogP contribution is -2.32. The SMILES string of the molecule is O=C(O)c1ccc2nc(Cc3ccc(-c4ccc(F)c(OCc5ccc(Cl)cc5F)n4)cc3F)n(CC3CCO3)c2n1. The average molecular weight is 595 g/mol. The van der Waals surface area contributed by atoms with Crippen LogP contribution in [0.15, 0.2) is 60.7 Å². The molecule has 0 aliphatic carbocycles. The predicted octanol–water partition coefficient (Wildman–Crippen LogP) is 6.22. The second kappa shape index (κ2) is 11.4. The predicted molar refractivity (Wildman–Crippen MR) is 147 cm³/mol. The lowest BCUT2D eigenvalue weighted by Gasteiger charge is -2.27. The highest BCUT2D eigenvalue weighted by atomic mass is 35.5. The maximum atomic E-state index is 15.4. The number of halogens is 4. The Hall–Kier alpha value is -4.48. The second-order valence-electron chi connectivity index (χ2n) is 9.76. The van der Waals surface area contributed by atoms with Gasteiger partial charge in [0.15, 0.2) is 17.2 Å². The highest BCUT2D eigenvalue weighted by Crippen LogP contribution is 2.27. The van der Waals surface area contributed by atoms with Crippen LogP contribution in [0.3, 0.4) is 0 Å². The summed E-state index contributed by atoms with van der Waals surface area (Å²) >= 11 is 5.77. The third-order valence-electron chi connectivity index (χ3n) is 6.96. The fourth-order valence-electron chi connectivity index (χ4n) is 4.62. The van der Waals surface area contributed by atoms with Gasteiger partial charge in [-0.25, -0.2) is 32.9 Å². The van der Waals surface area contributed by atoms with Crippen molar-refractivity contribution in [3.63, 3.8) is 0 Å². The first-order chi connectivity index (χ1) is 20.2. The maximum absolute atomic E-state index is 15.4. The smallest absolute Gasteiger partial charge is 0.354 e. The largest absolute Gasteiger partial charge is 0.477 e. The van der Waals surface area contributed by atoms with Gasteiger partial charge >= 0.3 is 5.97 Å². The number of fused-ring (bicyclic) bond motifs is 1. The van der Waals surface area contributed by atoms with E-state index in [4.69, 9.17) is 21.1 Å². The van der Waals surface area contributed by atoms with Crippen molar-refractivity contribution in [2.24, 2.45) is 0 Å². The topological polar surface area (TPSA) is 99.4 Å². The molecule has 1 fully saturated rings. The number of carboxylic acids is 1. The summed E-state index contributed by atoms with van der Waals surface area (Å²) in [6, 6.07) is 14.0. The third kappa shape index (κ3) is 5.65. The van der Waals surface area contributed by atoms with Gasteiger partial charge in [0.25, 0.3) is 5.88 Å². The molecule has 0 bridgehead atoms. The number of aromatic nitrogens is 4. The van der Waals surface area contributed by atoms with E-state index in [0.717, 1.165) is 18.6 Å². The number of hydrogen-bond acceptors (Lipinski definition) is 6. The van der Waals surface area contributed by atoms with E-state index in [1.807, 2.05) is 0 Å². The molecule has 1 N–H and O–H groups in total. The normalized spacial score (nSPS) is 14.6. The van der Waals surface area contributed by atoms with Crippen molar-refractivity contribution in [3.05, 3.63) is 106 Å². The molecular formula is C30H22ClF3N4O4. The van der Waals surface area contributed by atoms with Crippen LogP contribution in [0.4, 0.5) is 13.2 Å². The summed E-state index contributed by atoms with van der Waals surface area (Å²) in [6.45, 7) is 0.766. The van der Waals surface area contributed by atoms with E-state index >= 15 is 4.39 Å². The molecule has 5 aromatic rings. The molecule has 1 unspecified atom stereocenters. The zero-order valence-corrected chi connectivity index (χ0v) is 22.6. The number of carboxylic acid groups (broad SMARTS) is 1. The quantitative estimate of drug-likeness (QED) is 0.216. The van der Waals surface area contributed by atoms with Gasteiger partial charge in [-0.15, -0.1) is 0 Å². The first-order valence-electron chi connectivity index (χ1n) is 13.0. The molecule has 42 heavy (non-hydrogen) atoms. The number of rotatable bonds is 9. The summed E-state index contributed by atoms with van der Waals surface area (Å²) in [5, 5.41) is 9.61. The summed E-state index contributed by atoms with van der Waals surface area (Å²) in [4.78, 5) is 24.5. The van der Waals surface area contributed by atoms with Crippen LogP contribution in [0.5, 0.6) is 5.88 Å². The maximum Gasteiger partial charge on any atom is 0.354 e. The van der Waals surface area contributed by atoms with Crippen LogP contribution in [0.1, 0.15) is 33.9 Å². The molecule has 214 valence electrons. The van der Waals surface area contributed by atoms with Crippen LogP contribution < -0.4 is 4.74 Å². The second-order valence-corrected chi connectivity index (χ2v) is 10.2.